The van der Waals surface area contributed by atoms with Gasteiger partial charge in [-0.1, -0.05) is 12.1 Å². The number of nitrogens with zero attached hydrogens (tertiary/aromatic N) is 1. The standard InChI is InChI=1S/C16H19N3O4S/c1-9-12(14(20)23-16(2,3)4)13(18-15(24)17-9)10-6-5-7-11(8-10)19(21)22/h5-8,13H,1-4H3,(H2,17,18,24)/t13-/m0/s1. The quantitative estimate of drug-likeness (QED) is 0.375. The molecular weight excluding hydrogens is 330 g/mol. The molecule has 0 radical (unpaired) electrons. The average Bonchev–Trinajstić information content (AvgIpc) is 2.44. The molecule has 7 nitrogen and oxygen atoms in total. The second-order valence-corrected chi connectivity index (χ2v) is 6.83. The molecule has 2 rings (SSSR count). The number of nitrogens with one attached hydrogen (secondary N) is 2. The molecule has 0 aliphatic carbocycles. The van der Waals surface area contributed by atoms with Crippen molar-refractivity contribution in [2.75, 3.05) is 0 Å². The predicted octanol–water partition coefficient (Wildman–Crippen LogP) is 2.73. The predicted molar refractivity (Wildman–Crippen MR) is 93.3 cm³/mol. The third kappa shape index (κ3) is 4.08. The summed E-state index contributed by atoms with van der Waals surface area (Å²) < 4.78 is 5.46. The van der Waals surface area contributed by atoms with Crippen molar-refractivity contribution in [1.29, 1.82) is 0 Å². The van der Waals surface area contributed by atoms with Crippen molar-refractivity contribution < 1.29 is 14.5 Å². The van der Waals surface area contributed by atoms with Crippen LogP contribution in [0, 0.1) is 10.1 Å². The number of hydrogen-bond donors (Lipinski definition) is 2. The molecule has 1 heterocycles. The Labute approximate surface area is 145 Å². The van der Waals surface area contributed by atoms with Gasteiger partial charge in [0.2, 0.25) is 0 Å². The summed E-state index contributed by atoms with van der Waals surface area (Å²) in [5.41, 5.74) is 0.756. The molecule has 0 fully saturated rings. The van der Waals surface area contributed by atoms with Crippen molar-refractivity contribution in [3.8, 4) is 0 Å². The van der Waals surface area contributed by atoms with Gasteiger partial charge in [0.25, 0.3) is 5.69 Å². The lowest BCUT2D eigenvalue weighted by Gasteiger charge is -2.31. The monoisotopic (exact) mass is 349 g/mol. The number of benzene rings is 1. The van der Waals surface area contributed by atoms with E-state index in [4.69, 9.17) is 17.0 Å². The molecule has 0 amide bonds. The second-order valence-electron chi connectivity index (χ2n) is 6.42. The highest BCUT2D eigenvalue weighted by atomic mass is 32.1. The second kappa shape index (κ2) is 6.56. The largest absolute Gasteiger partial charge is 0.456 e. The van der Waals surface area contributed by atoms with Crippen LogP contribution < -0.4 is 10.6 Å². The Bertz CT molecular complexity index is 737. The number of non-ortho nitro benzene ring substituents is 1. The van der Waals surface area contributed by atoms with Gasteiger partial charge in [0.15, 0.2) is 5.11 Å². The smallest absolute Gasteiger partial charge is 0.338 e. The van der Waals surface area contributed by atoms with Gasteiger partial charge in [-0.05, 0) is 45.5 Å². The fraction of sp³-hybridized carbons (Fsp3) is 0.375. The van der Waals surface area contributed by atoms with Crippen LogP contribution >= 0.6 is 12.2 Å². The van der Waals surface area contributed by atoms with E-state index >= 15 is 0 Å². The summed E-state index contributed by atoms with van der Waals surface area (Å²) in [4.78, 5) is 23.1. The molecule has 0 spiro atoms. The first kappa shape index (κ1) is 17.9. The summed E-state index contributed by atoms with van der Waals surface area (Å²) in [5.74, 6) is -0.501. The topological polar surface area (TPSA) is 93.5 Å². The molecule has 1 aromatic carbocycles. The number of hydrogen-bond acceptors (Lipinski definition) is 5. The molecule has 24 heavy (non-hydrogen) atoms. The van der Waals surface area contributed by atoms with Gasteiger partial charge < -0.3 is 15.4 Å². The summed E-state index contributed by atoms with van der Waals surface area (Å²) >= 11 is 5.15. The van der Waals surface area contributed by atoms with E-state index in [-0.39, 0.29) is 5.69 Å². The SMILES string of the molecule is CC1=C(C(=O)OC(C)(C)C)[C@H](c2cccc([N+](=O)[O-])c2)NC(=S)N1. The maximum Gasteiger partial charge on any atom is 0.338 e. The van der Waals surface area contributed by atoms with Crippen molar-refractivity contribution >= 4 is 29.0 Å². The minimum Gasteiger partial charge on any atom is -0.456 e. The lowest BCUT2D eigenvalue weighted by molar-refractivity contribution is -0.384. The summed E-state index contributed by atoms with van der Waals surface area (Å²) in [6, 6.07) is 5.47. The van der Waals surface area contributed by atoms with Crippen molar-refractivity contribution in [1.82, 2.24) is 10.6 Å². The molecular formula is C16H19N3O4S. The number of carbonyl (C=O) groups excluding carboxylic acids is 1. The molecule has 0 unspecified atom stereocenters. The van der Waals surface area contributed by atoms with Crippen molar-refractivity contribution in [3.63, 3.8) is 0 Å². The van der Waals surface area contributed by atoms with E-state index in [9.17, 15) is 14.9 Å². The molecule has 0 saturated heterocycles. The van der Waals surface area contributed by atoms with Crippen LogP contribution in [-0.2, 0) is 9.53 Å². The zero-order valence-corrected chi connectivity index (χ0v) is 14.7. The van der Waals surface area contributed by atoms with Crippen LogP contribution in [0.4, 0.5) is 5.69 Å². The number of carbonyl (C=O) groups is 1. The molecule has 0 saturated carbocycles. The normalized spacial score (nSPS) is 17.8. The van der Waals surface area contributed by atoms with Crippen LogP contribution in [-0.4, -0.2) is 21.6 Å². The van der Waals surface area contributed by atoms with E-state index in [0.29, 0.717) is 21.9 Å². The van der Waals surface area contributed by atoms with Gasteiger partial charge in [0.05, 0.1) is 16.5 Å². The van der Waals surface area contributed by atoms with Crippen molar-refractivity contribution in [3.05, 3.63) is 51.2 Å². The van der Waals surface area contributed by atoms with Crippen LogP contribution in [0.2, 0.25) is 0 Å². The summed E-state index contributed by atoms with van der Waals surface area (Å²) in [7, 11) is 0. The summed E-state index contributed by atoms with van der Waals surface area (Å²) in [5, 5.41) is 17.2. The number of ether oxygens (including phenoxy) is 1. The van der Waals surface area contributed by atoms with Gasteiger partial charge >= 0.3 is 5.97 Å². The summed E-state index contributed by atoms with van der Waals surface area (Å²) in [6.07, 6.45) is 0. The van der Waals surface area contributed by atoms with Gasteiger partial charge in [0, 0.05) is 17.8 Å². The van der Waals surface area contributed by atoms with E-state index in [1.807, 2.05) is 0 Å². The average molecular weight is 349 g/mol. The zero-order chi connectivity index (χ0) is 18.1. The Morgan fingerprint density at radius 3 is 2.62 bits per heavy atom. The zero-order valence-electron chi connectivity index (χ0n) is 13.9. The number of rotatable bonds is 3. The number of allylic oxidation sites excluding steroid dienone is 1. The van der Waals surface area contributed by atoms with E-state index in [1.165, 1.54) is 12.1 Å². The van der Waals surface area contributed by atoms with Gasteiger partial charge in [-0.3, -0.25) is 10.1 Å². The van der Waals surface area contributed by atoms with Gasteiger partial charge in [-0.25, -0.2) is 4.79 Å². The molecule has 2 N–H and O–H groups in total. The Morgan fingerprint density at radius 1 is 1.38 bits per heavy atom. The Balaban J connectivity index is 2.47. The van der Waals surface area contributed by atoms with Crippen LogP contribution in [0.15, 0.2) is 35.5 Å². The number of thiocarbonyl (C=S) groups is 1. The number of nitro groups is 1. The van der Waals surface area contributed by atoms with Crippen LogP contribution in [0.1, 0.15) is 39.3 Å². The number of nitro benzene ring substituents is 1. The first-order valence-corrected chi connectivity index (χ1v) is 7.75. The highest BCUT2D eigenvalue weighted by molar-refractivity contribution is 7.80. The van der Waals surface area contributed by atoms with Crippen LogP contribution in [0.5, 0.6) is 0 Å². The fourth-order valence-electron chi connectivity index (χ4n) is 2.37. The molecule has 1 aromatic rings. The minimum absolute atomic E-state index is 0.0556. The van der Waals surface area contributed by atoms with E-state index in [1.54, 1.807) is 39.8 Å². The summed E-state index contributed by atoms with van der Waals surface area (Å²) in [6.45, 7) is 7.04. The molecule has 8 heteroatoms. The molecule has 1 aliphatic heterocycles. The number of esters is 1. The first-order chi connectivity index (χ1) is 11.1. The lowest BCUT2D eigenvalue weighted by Crippen LogP contribution is -2.45. The maximum atomic E-state index is 12.6. The van der Waals surface area contributed by atoms with Crippen molar-refractivity contribution in [2.24, 2.45) is 0 Å². The molecule has 1 atom stereocenters. The molecule has 128 valence electrons. The van der Waals surface area contributed by atoms with E-state index in [0.717, 1.165) is 0 Å². The molecule has 0 bridgehead atoms. The Hall–Kier alpha value is -2.48. The fourth-order valence-corrected chi connectivity index (χ4v) is 2.64. The van der Waals surface area contributed by atoms with Crippen molar-refractivity contribution in [2.45, 2.75) is 39.3 Å². The first-order valence-electron chi connectivity index (χ1n) is 7.34. The minimum atomic E-state index is -0.657. The Morgan fingerprint density at radius 2 is 2.04 bits per heavy atom. The lowest BCUT2D eigenvalue weighted by atomic mass is 9.95. The van der Waals surface area contributed by atoms with Crippen LogP contribution in [0.3, 0.4) is 0 Å². The highest BCUT2D eigenvalue weighted by Crippen LogP contribution is 2.30. The van der Waals surface area contributed by atoms with Gasteiger partial charge in [-0.2, -0.15) is 0 Å². The Kier molecular flexibility index (Phi) is 4.88. The van der Waals surface area contributed by atoms with E-state index < -0.39 is 22.5 Å². The van der Waals surface area contributed by atoms with Gasteiger partial charge in [0.1, 0.15) is 5.60 Å². The third-order valence-electron chi connectivity index (χ3n) is 3.30. The van der Waals surface area contributed by atoms with Gasteiger partial charge in [-0.15, -0.1) is 0 Å². The van der Waals surface area contributed by atoms with E-state index in [2.05, 4.69) is 10.6 Å². The highest BCUT2D eigenvalue weighted by Gasteiger charge is 2.33. The third-order valence-corrected chi connectivity index (χ3v) is 3.52. The maximum absolute atomic E-state index is 12.6. The molecule has 0 aromatic heterocycles. The molecule has 1 aliphatic rings. The van der Waals surface area contributed by atoms with Crippen LogP contribution in [0.25, 0.3) is 0 Å².